The quantitative estimate of drug-likeness (QED) is 0.553. The topological polar surface area (TPSA) is 54.5 Å². The van der Waals surface area contributed by atoms with E-state index in [4.69, 9.17) is 0 Å². The van der Waals surface area contributed by atoms with Gasteiger partial charge in [0.15, 0.2) is 5.65 Å². The van der Waals surface area contributed by atoms with Gasteiger partial charge in [0.1, 0.15) is 6.33 Å². The van der Waals surface area contributed by atoms with Crippen molar-refractivity contribution in [2.75, 3.05) is 0 Å². The molecule has 0 aliphatic heterocycles. The number of hydrogen-bond acceptors (Lipinski definition) is 3. The Hall–Kier alpha value is -1.45. The second-order valence-electron chi connectivity index (χ2n) is 7.04. The van der Waals surface area contributed by atoms with Gasteiger partial charge in [-0.2, -0.15) is 5.10 Å². The van der Waals surface area contributed by atoms with Crippen LogP contribution in [0.15, 0.2) is 12.5 Å². The number of fused-ring (bicyclic) bond motifs is 1. The van der Waals surface area contributed by atoms with Crippen LogP contribution in [0.5, 0.6) is 0 Å². The molecule has 23 heavy (non-hydrogen) atoms. The molecule has 0 aliphatic rings. The van der Waals surface area contributed by atoms with Crippen molar-refractivity contribution in [1.29, 1.82) is 0 Å². The molecule has 2 rings (SSSR count). The van der Waals surface area contributed by atoms with E-state index in [0.717, 1.165) is 11.0 Å². The molecular formula is C19H32N4. The third-order valence-corrected chi connectivity index (χ3v) is 4.98. The van der Waals surface area contributed by atoms with Crippen molar-refractivity contribution >= 4 is 11.0 Å². The Kier molecular flexibility index (Phi) is 7.00. The molecular weight excluding hydrogens is 284 g/mol. The van der Waals surface area contributed by atoms with Gasteiger partial charge in [0, 0.05) is 5.41 Å². The molecule has 0 atom stereocenters. The first-order valence-electron chi connectivity index (χ1n) is 9.36. The molecule has 0 spiro atoms. The predicted molar refractivity (Wildman–Crippen MR) is 96.6 cm³/mol. The van der Waals surface area contributed by atoms with E-state index in [9.17, 15) is 0 Å². The molecule has 128 valence electrons. The van der Waals surface area contributed by atoms with Gasteiger partial charge in [0.2, 0.25) is 0 Å². The number of nitrogens with one attached hydrogen (secondary N) is 1. The molecule has 4 heteroatoms. The Morgan fingerprint density at radius 3 is 2.17 bits per heavy atom. The van der Waals surface area contributed by atoms with E-state index in [1.165, 1.54) is 69.9 Å². The second kappa shape index (κ2) is 8.99. The summed E-state index contributed by atoms with van der Waals surface area (Å²) in [7, 11) is 0. The van der Waals surface area contributed by atoms with Gasteiger partial charge in [-0.3, -0.25) is 5.10 Å². The van der Waals surface area contributed by atoms with Crippen LogP contribution in [0.25, 0.3) is 11.0 Å². The lowest BCUT2D eigenvalue weighted by Crippen LogP contribution is -2.24. The first-order chi connectivity index (χ1) is 11.2. The highest BCUT2D eigenvalue weighted by molar-refractivity contribution is 5.77. The largest absolute Gasteiger partial charge is 0.261 e. The van der Waals surface area contributed by atoms with Crippen LogP contribution in [0.2, 0.25) is 0 Å². The highest BCUT2D eigenvalue weighted by Gasteiger charge is 2.29. The molecule has 0 saturated heterocycles. The van der Waals surface area contributed by atoms with Crippen molar-refractivity contribution in [1.82, 2.24) is 20.2 Å². The molecule has 2 aromatic heterocycles. The molecule has 0 amide bonds. The molecule has 1 N–H and O–H groups in total. The van der Waals surface area contributed by atoms with Crippen molar-refractivity contribution in [2.45, 2.75) is 90.4 Å². The van der Waals surface area contributed by atoms with Crippen molar-refractivity contribution < 1.29 is 0 Å². The lowest BCUT2D eigenvalue weighted by atomic mass is 9.76. The average molecular weight is 316 g/mol. The van der Waals surface area contributed by atoms with Gasteiger partial charge in [-0.05, 0) is 12.8 Å². The van der Waals surface area contributed by atoms with Crippen LogP contribution in [0.4, 0.5) is 0 Å². The minimum atomic E-state index is 0.131. The summed E-state index contributed by atoms with van der Waals surface area (Å²) >= 11 is 0. The first-order valence-corrected chi connectivity index (χ1v) is 9.36. The summed E-state index contributed by atoms with van der Waals surface area (Å²) in [5.74, 6) is 0. The van der Waals surface area contributed by atoms with E-state index in [1.54, 1.807) is 6.33 Å². The summed E-state index contributed by atoms with van der Waals surface area (Å²) in [5, 5.41) is 8.25. The monoisotopic (exact) mass is 316 g/mol. The molecule has 0 aliphatic carbocycles. The summed E-state index contributed by atoms with van der Waals surface area (Å²) in [6, 6.07) is 0. The smallest absolute Gasteiger partial charge is 0.158 e. The zero-order valence-electron chi connectivity index (χ0n) is 15.1. The average Bonchev–Trinajstić information content (AvgIpc) is 3.04. The van der Waals surface area contributed by atoms with Crippen LogP contribution in [-0.2, 0) is 5.41 Å². The van der Waals surface area contributed by atoms with E-state index in [2.05, 4.69) is 40.9 Å². The van der Waals surface area contributed by atoms with Gasteiger partial charge in [-0.15, -0.1) is 0 Å². The van der Waals surface area contributed by atoms with Crippen LogP contribution in [0.1, 0.15) is 90.7 Å². The summed E-state index contributed by atoms with van der Waals surface area (Å²) in [4.78, 5) is 8.98. The lowest BCUT2D eigenvalue weighted by Gasteiger charge is -2.30. The Labute approximate surface area is 140 Å². The summed E-state index contributed by atoms with van der Waals surface area (Å²) in [6.45, 7) is 6.92. The van der Waals surface area contributed by atoms with Gasteiger partial charge in [-0.1, -0.05) is 72.1 Å². The minimum Gasteiger partial charge on any atom is -0.261 e. The molecule has 2 heterocycles. The normalized spacial score (nSPS) is 12.1. The van der Waals surface area contributed by atoms with E-state index in [-0.39, 0.29) is 5.41 Å². The Balaban J connectivity index is 2.15. The standard InChI is InChI=1S/C19H32N4/c1-4-6-8-10-12-19(3,13-11-9-7-5-2)17-16-14-22-23-18(16)21-15-20-17/h14-15H,4-13H2,1-3H3,(H,20,21,22,23). The van der Waals surface area contributed by atoms with Gasteiger partial charge in [0.05, 0.1) is 17.3 Å². The van der Waals surface area contributed by atoms with Gasteiger partial charge >= 0.3 is 0 Å². The number of hydrogen-bond donors (Lipinski definition) is 1. The minimum absolute atomic E-state index is 0.131. The SMILES string of the molecule is CCCCCCC(C)(CCCCCC)c1ncnc2[nH]ncc12. The number of rotatable bonds is 11. The molecule has 4 nitrogen and oxygen atoms in total. The fraction of sp³-hybridized carbons (Fsp3) is 0.737. The molecule has 0 aromatic carbocycles. The lowest BCUT2D eigenvalue weighted by molar-refractivity contribution is 0.358. The third-order valence-electron chi connectivity index (χ3n) is 4.98. The van der Waals surface area contributed by atoms with Crippen molar-refractivity contribution in [3.8, 4) is 0 Å². The summed E-state index contributed by atoms with van der Waals surface area (Å²) < 4.78 is 0. The van der Waals surface area contributed by atoms with Crippen LogP contribution in [0.3, 0.4) is 0 Å². The van der Waals surface area contributed by atoms with Crippen molar-refractivity contribution in [3.63, 3.8) is 0 Å². The van der Waals surface area contributed by atoms with Crippen LogP contribution < -0.4 is 0 Å². The molecule has 0 radical (unpaired) electrons. The predicted octanol–water partition coefficient (Wildman–Crippen LogP) is 5.55. The first kappa shape index (κ1) is 17.9. The number of nitrogens with zero attached hydrogens (tertiary/aromatic N) is 3. The second-order valence-corrected chi connectivity index (χ2v) is 7.04. The highest BCUT2D eigenvalue weighted by atomic mass is 15.1. The van der Waals surface area contributed by atoms with Gasteiger partial charge in [-0.25, -0.2) is 9.97 Å². The fourth-order valence-electron chi connectivity index (χ4n) is 3.49. The molecule has 0 fully saturated rings. The van der Waals surface area contributed by atoms with E-state index < -0.39 is 0 Å². The number of aromatic nitrogens is 4. The maximum Gasteiger partial charge on any atom is 0.158 e. The zero-order chi connectivity index (χ0) is 16.5. The van der Waals surface area contributed by atoms with Crippen LogP contribution >= 0.6 is 0 Å². The van der Waals surface area contributed by atoms with E-state index >= 15 is 0 Å². The molecule has 2 aromatic rings. The van der Waals surface area contributed by atoms with Gasteiger partial charge in [0.25, 0.3) is 0 Å². The maximum absolute atomic E-state index is 4.68. The Bertz CT molecular complexity index is 564. The third kappa shape index (κ3) is 4.76. The number of aromatic amines is 1. The summed E-state index contributed by atoms with van der Waals surface area (Å²) in [5.41, 5.74) is 2.18. The highest BCUT2D eigenvalue weighted by Crippen LogP contribution is 2.37. The molecule has 0 bridgehead atoms. The Morgan fingerprint density at radius 1 is 0.913 bits per heavy atom. The van der Waals surface area contributed by atoms with E-state index in [0.29, 0.717) is 0 Å². The van der Waals surface area contributed by atoms with Crippen molar-refractivity contribution in [3.05, 3.63) is 18.2 Å². The number of H-pyrrole nitrogens is 1. The van der Waals surface area contributed by atoms with E-state index in [1.807, 2.05) is 6.20 Å². The van der Waals surface area contributed by atoms with Crippen LogP contribution in [0, 0.1) is 0 Å². The zero-order valence-corrected chi connectivity index (χ0v) is 15.1. The molecule has 0 unspecified atom stereocenters. The maximum atomic E-state index is 4.68. The molecule has 0 saturated carbocycles. The fourth-order valence-corrected chi connectivity index (χ4v) is 3.49. The van der Waals surface area contributed by atoms with Crippen molar-refractivity contribution in [2.24, 2.45) is 0 Å². The Morgan fingerprint density at radius 2 is 1.57 bits per heavy atom. The van der Waals surface area contributed by atoms with Crippen LogP contribution in [-0.4, -0.2) is 20.2 Å². The summed E-state index contributed by atoms with van der Waals surface area (Å²) in [6.07, 6.45) is 16.4. The van der Waals surface area contributed by atoms with Gasteiger partial charge < -0.3 is 0 Å². The number of unbranched alkanes of at least 4 members (excludes halogenated alkanes) is 6.